The number of hydrogen-bond acceptors (Lipinski definition) is 5. The average Bonchev–Trinajstić information content (AvgIpc) is 3.36. The van der Waals surface area contributed by atoms with Crippen LogP contribution in [0.5, 0.6) is 17.2 Å². The third kappa shape index (κ3) is 4.85. The quantitative estimate of drug-likeness (QED) is 0.380. The Balaban J connectivity index is 1.31. The van der Waals surface area contributed by atoms with Gasteiger partial charge in [-0.15, -0.1) is 0 Å². The molecule has 2 aromatic carbocycles. The number of piperidine rings is 1. The fourth-order valence-corrected chi connectivity index (χ4v) is 4.35. The summed E-state index contributed by atoms with van der Waals surface area (Å²) in [4.78, 5) is 15.5. The summed E-state index contributed by atoms with van der Waals surface area (Å²) < 4.78 is 19.7. The van der Waals surface area contributed by atoms with Crippen LogP contribution < -0.4 is 20.3 Å². The summed E-state index contributed by atoms with van der Waals surface area (Å²) in [5.41, 5.74) is 2.36. The standard InChI is InChI=1S/C27H29N3O4/c1-30-18-24(23-11-14-29-26(23)27(30)31)22-7-2-3-8-25(22)34-21-6-4-5-20(17-21)33-16-15-32-19-9-12-28-13-10-19/h2-8,11,14,17-19,28-29H,9-10,12-13,15-16H2,1H3. The molecule has 34 heavy (non-hydrogen) atoms. The molecule has 0 bridgehead atoms. The van der Waals surface area contributed by atoms with Crippen LogP contribution in [0.15, 0.2) is 71.8 Å². The number of nitrogens with one attached hydrogen (secondary N) is 2. The molecule has 0 unspecified atom stereocenters. The maximum atomic E-state index is 12.5. The number of hydrogen-bond donors (Lipinski definition) is 2. The van der Waals surface area contributed by atoms with Gasteiger partial charge in [0.15, 0.2) is 0 Å². The van der Waals surface area contributed by atoms with Gasteiger partial charge in [-0.25, -0.2) is 0 Å². The number of rotatable bonds is 8. The van der Waals surface area contributed by atoms with Crippen molar-refractivity contribution in [3.63, 3.8) is 0 Å². The Morgan fingerprint density at radius 2 is 1.79 bits per heavy atom. The van der Waals surface area contributed by atoms with E-state index in [2.05, 4.69) is 10.3 Å². The van der Waals surface area contributed by atoms with E-state index in [0.29, 0.717) is 36.3 Å². The molecule has 4 aromatic rings. The average molecular weight is 460 g/mol. The van der Waals surface area contributed by atoms with Crippen molar-refractivity contribution in [1.82, 2.24) is 14.9 Å². The highest BCUT2D eigenvalue weighted by Crippen LogP contribution is 2.36. The van der Waals surface area contributed by atoms with Crippen LogP contribution in [0.2, 0.25) is 0 Å². The summed E-state index contributed by atoms with van der Waals surface area (Å²) in [5, 5.41) is 4.21. The van der Waals surface area contributed by atoms with Gasteiger partial charge in [0.2, 0.25) is 0 Å². The topological polar surface area (TPSA) is 77.5 Å². The predicted octanol–water partition coefficient (Wildman–Crippen LogP) is 4.47. The summed E-state index contributed by atoms with van der Waals surface area (Å²) >= 11 is 0. The van der Waals surface area contributed by atoms with E-state index in [0.717, 1.165) is 48.2 Å². The van der Waals surface area contributed by atoms with E-state index in [1.54, 1.807) is 17.8 Å². The van der Waals surface area contributed by atoms with Crippen molar-refractivity contribution in [1.29, 1.82) is 0 Å². The van der Waals surface area contributed by atoms with E-state index >= 15 is 0 Å². The molecule has 0 saturated carbocycles. The lowest BCUT2D eigenvalue weighted by Crippen LogP contribution is -2.33. The van der Waals surface area contributed by atoms with Gasteiger partial charge in [0.05, 0.1) is 12.7 Å². The molecule has 5 rings (SSSR count). The summed E-state index contributed by atoms with van der Waals surface area (Å²) in [7, 11) is 1.76. The fourth-order valence-electron chi connectivity index (χ4n) is 4.35. The lowest BCUT2D eigenvalue weighted by Gasteiger charge is -2.22. The van der Waals surface area contributed by atoms with Crippen LogP contribution in [0, 0.1) is 0 Å². The number of aromatic nitrogens is 2. The van der Waals surface area contributed by atoms with Gasteiger partial charge < -0.3 is 29.1 Å². The lowest BCUT2D eigenvalue weighted by molar-refractivity contribution is 0.0168. The van der Waals surface area contributed by atoms with E-state index < -0.39 is 0 Å². The Bertz CT molecular complexity index is 1320. The summed E-state index contributed by atoms with van der Waals surface area (Å²) in [6.07, 6.45) is 6.05. The highest BCUT2D eigenvalue weighted by molar-refractivity contribution is 5.95. The van der Waals surface area contributed by atoms with Crippen LogP contribution in [-0.4, -0.2) is 42.0 Å². The van der Waals surface area contributed by atoms with Gasteiger partial charge in [-0.1, -0.05) is 24.3 Å². The van der Waals surface area contributed by atoms with Crippen molar-refractivity contribution in [3.05, 3.63) is 77.3 Å². The molecule has 2 aromatic heterocycles. The molecule has 1 aliphatic heterocycles. The van der Waals surface area contributed by atoms with Crippen LogP contribution >= 0.6 is 0 Å². The number of ether oxygens (including phenoxy) is 3. The first-order valence-corrected chi connectivity index (χ1v) is 11.7. The molecule has 1 fully saturated rings. The molecule has 3 heterocycles. The maximum Gasteiger partial charge on any atom is 0.274 e. The van der Waals surface area contributed by atoms with Gasteiger partial charge in [0.1, 0.15) is 29.4 Å². The second-order valence-corrected chi connectivity index (χ2v) is 8.47. The zero-order valence-electron chi connectivity index (χ0n) is 19.3. The predicted molar refractivity (Wildman–Crippen MR) is 133 cm³/mol. The highest BCUT2D eigenvalue weighted by atomic mass is 16.5. The van der Waals surface area contributed by atoms with Crippen LogP contribution in [0.25, 0.3) is 22.0 Å². The van der Waals surface area contributed by atoms with Crippen molar-refractivity contribution in [2.75, 3.05) is 26.3 Å². The number of nitrogens with zero attached hydrogens (tertiary/aromatic N) is 1. The Labute approximate surface area is 198 Å². The molecule has 0 spiro atoms. The first-order valence-electron chi connectivity index (χ1n) is 11.7. The molecule has 0 amide bonds. The molecule has 7 nitrogen and oxygen atoms in total. The monoisotopic (exact) mass is 459 g/mol. The summed E-state index contributed by atoms with van der Waals surface area (Å²) in [5.74, 6) is 2.12. The van der Waals surface area contributed by atoms with Crippen LogP contribution in [-0.2, 0) is 11.8 Å². The zero-order chi connectivity index (χ0) is 23.3. The molecular formula is C27H29N3O4. The second-order valence-electron chi connectivity index (χ2n) is 8.47. The van der Waals surface area contributed by atoms with Gasteiger partial charge in [0.25, 0.3) is 5.56 Å². The minimum absolute atomic E-state index is 0.0591. The number of aryl methyl sites for hydroxylation is 1. The highest BCUT2D eigenvalue weighted by Gasteiger charge is 2.15. The first-order chi connectivity index (χ1) is 16.7. The van der Waals surface area contributed by atoms with E-state index in [1.165, 1.54) is 0 Å². The number of para-hydroxylation sites is 1. The second kappa shape index (κ2) is 10.2. The molecule has 2 N–H and O–H groups in total. The largest absolute Gasteiger partial charge is 0.491 e. The van der Waals surface area contributed by atoms with Crippen LogP contribution in [0.4, 0.5) is 0 Å². The van der Waals surface area contributed by atoms with Crippen molar-refractivity contribution >= 4 is 10.9 Å². The number of benzene rings is 2. The number of aromatic amines is 1. The molecule has 0 aliphatic carbocycles. The van der Waals surface area contributed by atoms with Crippen molar-refractivity contribution in [2.24, 2.45) is 7.05 Å². The van der Waals surface area contributed by atoms with Crippen molar-refractivity contribution in [2.45, 2.75) is 18.9 Å². The minimum Gasteiger partial charge on any atom is -0.491 e. The molecule has 1 saturated heterocycles. The number of pyridine rings is 1. The van der Waals surface area contributed by atoms with E-state index in [9.17, 15) is 4.79 Å². The maximum absolute atomic E-state index is 12.5. The normalized spacial score (nSPS) is 14.4. The van der Waals surface area contributed by atoms with E-state index in [1.807, 2.05) is 60.8 Å². The lowest BCUT2D eigenvalue weighted by atomic mass is 10.0. The molecule has 1 aliphatic rings. The molecule has 0 radical (unpaired) electrons. The van der Waals surface area contributed by atoms with Gasteiger partial charge in [-0.3, -0.25) is 4.79 Å². The van der Waals surface area contributed by atoms with E-state index in [-0.39, 0.29) is 5.56 Å². The number of fused-ring (bicyclic) bond motifs is 1. The Hall–Kier alpha value is -3.55. The van der Waals surface area contributed by atoms with Gasteiger partial charge >= 0.3 is 0 Å². The molecule has 176 valence electrons. The van der Waals surface area contributed by atoms with Gasteiger partial charge in [-0.2, -0.15) is 0 Å². The Morgan fingerprint density at radius 1 is 0.971 bits per heavy atom. The Kier molecular flexibility index (Phi) is 6.65. The third-order valence-electron chi connectivity index (χ3n) is 6.10. The Morgan fingerprint density at radius 3 is 2.68 bits per heavy atom. The van der Waals surface area contributed by atoms with Gasteiger partial charge in [-0.05, 0) is 50.2 Å². The summed E-state index contributed by atoms with van der Waals surface area (Å²) in [6, 6.07) is 17.4. The first kappa shape index (κ1) is 22.3. The zero-order valence-corrected chi connectivity index (χ0v) is 19.3. The van der Waals surface area contributed by atoms with E-state index in [4.69, 9.17) is 14.2 Å². The smallest absolute Gasteiger partial charge is 0.274 e. The minimum atomic E-state index is -0.0591. The SMILES string of the molecule is Cn1cc(-c2ccccc2Oc2cccc(OCCOC3CCNCC3)c2)c2cc[nH]c2c1=O. The van der Waals surface area contributed by atoms with Crippen LogP contribution in [0.3, 0.4) is 0 Å². The molecule has 7 heteroatoms. The molecular weight excluding hydrogens is 430 g/mol. The third-order valence-corrected chi connectivity index (χ3v) is 6.10. The summed E-state index contributed by atoms with van der Waals surface area (Å²) in [6.45, 7) is 3.09. The van der Waals surface area contributed by atoms with Crippen molar-refractivity contribution in [3.8, 4) is 28.4 Å². The number of H-pyrrole nitrogens is 1. The van der Waals surface area contributed by atoms with Gasteiger partial charge in [0, 0.05) is 42.0 Å². The van der Waals surface area contributed by atoms with Crippen molar-refractivity contribution < 1.29 is 14.2 Å². The molecule has 0 atom stereocenters. The van der Waals surface area contributed by atoms with Crippen LogP contribution in [0.1, 0.15) is 12.8 Å². The fraction of sp³-hybridized carbons (Fsp3) is 0.296.